The first kappa shape index (κ1) is 19.0. The zero-order valence-electron chi connectivity index (χ0n) is 13.9. The summed E-state index contributed by atoms with van der Waals surface area (Å²) < 4.78 is 0. The maximum absolute atomic E-state index is 12.5. The highest BCUT2D eigenvalue weighted by molar-refractivity contribution is 8.18. The van der Waals surface area contributed by atoms with Gasteiger partial charge in [0.1, 0.15) is 11.3 Å². The normalized spacial score (nSPS) is 15.6. The molecule has 1 saturated heterocycles. The number of halogens is 1. The number of carboxylic acid groups (broad SMARTS) is 1. The summed E-state index contributed by atoms with van der Waals surface area (Å²) in [6, 6.07) is 11.1. The quantitative estimate of drug-likeness (QED) is 0.732. The maximum Gasteiger partial charge on any atom is 0.339 e. The van der Waals surface area contributed by atoms with E-state index in [1.807, 2.05) is 12.1 Å². The largest absolute Gasteiger partial charge is 0.507 e. The highest BCUT2D eigenvalue weighted by atomic mass is 35.5. The number of imide groups is 1. The summed E-state index contributed by atoms with van der Waals surface area (Å²) in [4.78, 5) is 37.1. The third kappa shape index (κ3) is 4.32. The summed E-state index contributed by atoms with van der Waals surface area (Å²) >= 11 is 6.64. The average Bonchev–Trinajstić information content (AvgIpc) is 2.89. The van der Waals surface area contributed by atoms with Gasteiger partial charge in [0, 0.05) is 11.6 Å². The molecule has 0 unspecified atom stereocenters. The van der Waals surface area contributed by atoms with Gasteiger partial charge in [0.25, 0.3) is 11.1 Å². The Morgan fingerprint density at radius 2 is 1.85 bits per heavy atom. The van der Waals surface area contributed by atoms with Gasteiger partial charge in [-0.05, 0) is 59.7 Å². The Morgan fingerprint density at radius 3 is 2.52 bits per heavy atom. The van der Waals surface area contributed by atoms with Gasteiger partial charge in [0.2, 0.25) is 0 Å². The smallest absolute Gasteiger partial charge is 0.339 e. The minimum atomic E-state index is -1.28. The molecule has 1 fully saturated rings. The molecule has 8 heteroatoms. The molecule has 0 saturated carbocycles. The van der Waals surface area contributed by atoms with E-state index in [1.54, 1.807) is 12.1 Å². The van der Waals surface area contributed by atoms with Crippen molar-refractivity contribution in [3.05, 3.63) is 69.1 Å². The predicted molar refractivity (Wildman–Crippen MR) is 103 cm³/mol. The molecule has 0 spiro atoms. The molecule has 6 nitrogen and oxygen atoms in total. The SMILES string of the molecule is O=C(O)c1cc(/C=C2\SC(=O)N(CCc3ccc(Cl)cc3)C2=O)ccc1O. The molecular weight excluding hydrogens is 390 g/mol. The number of thioether (sulfide) groups is 1. The molecule has 2 N–H and O–H groups in total. The van der Waals surface area contributed by atoms with E-state index < -0.39 is 11.9 Å². The molecule has 138 valence electrons. The lowest BCUT2D eigenvalue weighted by atomic mass is 10.1. The van der Waals surface area contributed by atoms with Crippen LogP contribution in [0.4, 0.5) is 4.79 Å². The van der Waals surface area contributed by atoms with Crippen LogP contribution in [0.1, 0.15) is 21.5 Å². The van der Waals surface area contributed by atoms with Crippen molar-refractivity contribution in [3.63, 3.8) is 0 Å². The number of nitrogens with zero attached hydrogens (tertiary/aromatic N) is 1. The van der Waals surface area contributed by atoms with Gasteiger partial charge in [0.05, 0.1) is 4.91 Å². The number of benzene rings is 2. The average molecular weight is 404 g/mol. The fraction of sp³-hybridized carbons (Fsp3) is 0.105. The number of aromatic carboxylic acids is 1. The molecule has 2 aromatic carbocycles. The first-order valence-electron chi connectivity index (χ1n) is 7.91. The number of carboxylic acids is 1. The van der Waals surface area contributed by atoms with Crippen LogP contribution in [-0.4, -0.2) is 38.8 Å². The van der Waals surface area contributed by atoms with Crippen LogP contribution in [0, 0.1) is 0 Å². The monoisotopic (exact) mass is 403 g/mol. The van der Waals surface area contributed by atoms with Gasteiger partial charge < -0.3 is 10.2 Å². The summed E-state index contributed by atoms with van der Waals surface area (Å²) in [6.45, 7) is 0.236. The summed E-state index contributed by atoms with van der Waals surface area (Å²) in [5.41, 5.74) is 1.09. The number of rotatable bonds is 5. The van der Waals surface area contributed by atoms with Crippen molar-refractivity contribution in [3.8, 4) is 5.75 Å². The summed E-state index contributed by atoms with van der Waals surface area (Å²) in [5.74, 6) is -2.07. The fourth-order valence-corrected chi connectivity index (χ4v) is 3.54. The lowest BCUT2D eigenvalue weighted by Gasteiger charge is -2.12. The molecular formula is C19H14ClNO5S. The van der Waals surface area contributed by atoms with E-state index in [4.69, 9.17) is 16.7 Å². The Hall–Kier alpha value is -2.77. The number of carbonyl (C=O) groups excluding carboxylic acids is 2. The second-order valence-corrected chi connectivity index (χ2v) is 7.22. The van der Waals surface area contributed by atoms with Gasteiger partial charge in [-0.3, -0.25) is 14.5 Å². The molecule has 0 atom stereocenters. The van der Waals surface area contributed by atoms with Crippen LogP contribution in [0.2, 0.25) is 5.02 Å². The number of aromatic hydroxyl groups is 1. The van der Waals surface area contributed by atoms with Crippen molar-refractivity contribution in [1.29, 1.82) is 0 Å². The Bertz CT molecular complexity index is 955. The zero-order valence-corrected chi connectivity index (χ0v) is 15.5. The molecule has 2 aromatic rings. The van der Waals surface area contributed by atoms with Crippen LogP contribution in [0.15, 0.2) is 47.4 Å². The van der Waals surface area contributed by atoms with E-state index in [1.165, 1.54) is 24.3 Å². The lowest BCUT2D eigenvalue weighted by molar-refractivity contribution is -0.122. The van der Waals surface area contributed by atoms with E-state index in [0.717, 1.165) is 22.2 Å². The van der Waals surface area contributed by atoms with Gasteiger partial charge in [-0.15, -0.1) is 0 Å². The fourth-order valence-electron chi connectivity index (χ4n) is 2.55. The number of hydrogen-bond donors (Lipinski definition) is 2. The number of carbonyl (C=O) groups is 3. The molecule has 2 amide bonds. The molecule has 1 aliphatic heterocycles. The van der Waals surface area contributed by atoms with Crippen molar-refractivity contribution < 1.29 is 24.6 Å². The summed E-state index contributed by atoms with van der Waals surface area (Å²) in [7, 11) is 0. The molecule has 0 bridgehead atoms. The summed E-state index contributed by atoms with van der Waals surface area (Å²) in [5, 5.41) is 18.8. The molecule has 0 aliphatic carbocycles. The Kier molecular flexibility index (Phi) is 5.53. The van der Waals surface area contributed by atoms with Crippen molar-refractivity contribution >= 4 is 46.6 Å². The third-order valence-corrected chi connectivity index (χ3v) is 5.12. The van der Waals surface area contributed by atoms with Crippen LogP contribution in [0.3, 0.4) is 0 Å². The number of hydrogen-bond acceptors (Lipinski definition) is 5. The number of phenols is 1. The van der Waals surface area contributed by atoms with Crippen LogP contribution >= 0.6 is 23.4 Å². The van der Waals surface area contributed by atoms with E-state index in [0.29, 0.717) is 17.0 Å². The minimum absolute atomic E-state index is 0.207. The maximum atomic E-state index is 12.5. The van der Waals surface area contributed by atoms with Gasteiger partial charge in [-0.1, -0.05) is 29.8 Å². The Balaban J connectivity index is 1.75. The van der Waals surface area contributed by atoms with Crippen molar-refractivity contribution in [2.24, 2.45) is 0 Å². The standard InChI is InChI=1S/C19H14ClNO5S/c20-13-4-1-11(2-5-13)7-8-21-17(23)16(27-19(21)26)10-12-3-6-15(22)14(9-12)18(24)25/h1-6,9-10,22H,7-8H2,(H,24,25)/b16-10-. The van der Waals surface area contributed by atoms with Crippen LogP contribution in [0.5, 0.6) is 5.75 Å². The van der Waals surface area contributed by atoms with Gasteiger partial charge in [0.15, 0.2) is 0 Å². The zero-order chi connectivity index (χ0) is 19.6. The Morgan fingerprint density at radius 1 is 1.15 bits per heavy atom. The van der Waals surface area contributed by atoms with Gasteiger partial charge >= 0.3 is 5.97 Å². The molecule has 27 heavy (non-hydrogen) atoms. The molecule has 3 rings (SSSR count). The van der Waals surface area contributed by atoms with E-state index in [9.17, 15) is 19.5 Å². The first-order valence-corrected chi connectivity index (χ1v) is 9.11. The van der Waals surface area contributed by atoms with Gasteiger partial charge in [-0.25, -0.2) is 4.79 Å². The Labute approximate surface area is 164 Å². The second kappa shape index (κ2) is 7.85. The molecule has 1 aliphatic rings. The van der Waals surface area contributed by atoms with E-state index in [2.05, 4.69) is 0 Å². The highest BCUT2D eigenvalue weighted by Crippen LogP contribution is 2.33. The second-order valence-electron chi connectivity index (χ2n) is 5.79. The molecule has 0 radical (unpaired) electrons. The topological polar surface area (TPSA) is 94.9 Å². The number of amides is 2. The minimum Gasteiger partial charge on any atom is -0.507 e. The highest BCUT2D eigenvalue weighted by Gasteiger charge is 2.34. The molecule has 0 aromatic heterocycles. The lowest BCUT2D eigenvalue weighted by Crippen LogP contribution is -2.30. The van der Waals surface area contributed by atoms with Crippen molar-refractivity contribution in [2.45, 2.75) is 6.42 Å². The van der Waals surface area contributed by atoms with Crippen molar-refractivity contribution in [2.75, 3.05) is 6.54 Å². The molecule has 1 heterocycles. The third-order valence-electron chi connectivity index (χ3n) is 3.96. The van der Waals surface area contributed by atoms with E-state index in [-0.39, 0.29) is 28.0 Å². The van der Waals surface area contributed by atoms with Crippen LogP contribution in [0.25, 0.3) is 6.08 Å². The van der Waals surface area contributed by atoms with Gasteiger partial charge in [-0.2, -0.15) is 0 Å². The van der Waals surface area contributed by atoms with Crippen molar-refractivity contribution in [1.82, 2.24) is 4.90 Å². The van der Waals surface area contributed by atoms with Crippen LogP contribution < -0.4 is 0 Å². The predicted octanol–water partition coefficient (Wildman–Crippen LogP) is 4.02. The van der Waals surface area contributed by atoms with Crippen LogP contribution in [-0.2, 0) is 11.2 Å². The summed E-state index contributed by atoms with van der Waals surface area (Å²) in [6.07, 6.45) is 1.95. The van der Waals surface area contributed by atoms with E-state index >= 15 is 0 Å². The first-order chi connectivity index (χ1) is 12.8.